The monoisotopic (exact) mass is 418 g/mol. The molecule has 7 nitrogen and oxygen atoms in total. The first-order chi connectivity index (χ1) is 14.0. The first-order valence-corrected chi connectivity index (χ1v) is 10.5. The Kier molecular flexibility index (Phi) is 7.25. The smallest absolute Gasteiger partial charge is 0.249 e. The van der Waals surface area contributed by atoms with Gasteiger partial charge in [-0.25, -0.2) is 0 Å². The molecule has 1 saturated heterocycles. The van der Waals surface area contributed by atoms with E-state index in [-0.39, 0.29) is 24.4 Å². The van der Waals surface area contributed by atoms with E-state index in [4.69, 9.17) is 16.1 Å². The Balaban J connectivity index is 1.76. The minimum Gasteiger partial charge on any atom is -0.337 e. The van der Waals surface area contributed by atoms with Gasteiger partial charge in [-0.2, -0.15) is 4.98 Å². The molecule has 8 heteroatoms. The summed E-state index contributed by atoms with van der Waals surface area (Å²) in [4.78, 5) is 32.8. The minimum atomic E-state index is -0.267. The third-order valence-corrected chi connectivity index (χ3v) is 5.42. The van der Waals surface area contributed by atoms with E-state index in [1.165, 1.54) is 6.92 Å². The summed E-state index contributed by atoms with van der Waals surface area (Å²) in [6.07, 6.45) is 4.52. The van der Waals surface area contributed by atoms with Crippen molar-refractivity contribution in [1.29, 1.82) is 0 Å². The van der Waals surface area contributed by atoms with Crippen molar-refractivity contribution in [2.75, 3.05) is 19.6 Å². The summed E-state index contributed by atoms with van der Waals surface area (Å²) >= 11 is 6.05. The maximum Gasteiger partial charge on any atom is 0.249 e. The molecule has 1 aliphatic rings. The van der Waals surface area contributed by atoms with Crippen LogP contribution in [-0.4, -0.2) is 51.4 Å². The van der Waals surface area contributed by atoms with E-state index in [1.807, 2.05) is 12.1 Å². The van der Waals surface area contributed by atoms with Crippen LogP contribution in [-0.2, 0) is 9.59 Å². The van der Waals surface area contributed by atoms with Crippen LogP contribution in [0.25, 0.3) is 11.4 Å². The Labute approximate surface area is 176 Å². The molecule has 1 aromatic carbocycles. The van der Waals surface area contributed by atoms with Crippen molar-refractivity contribution < 1.29 is 14.1 Å². The zero-order valence-corrected chi connectivity index (χ0v) is 17.7. The number of hydrogen-bond donors (Lipinski definition) is 0. The van der Waals surface area contributed by atoms with Crippen molar-refractivity contribution in [3.05, 3.63) is 35.2 Å². The van der Waals surface area contributed by atoms with Crippen LogP contribution in [0.5, 0.6) is 0 Å². The SMILES string of the molecule is CCCCN(CC(=O)N1CCCCC1c1nc(-c2cccc(Cl)c2)no1)C(C)=O. The number of amides is 2. The second kappa shape index (κ2) is 9.87. The van der Waals surface area contributed by atoms with E-state index in [9.17, 15) is 9.59 Å². The molecule has 0 saturated carbocycles. The molecular formula is C21H27ClN4O3. The van der Waals surface area contributed by atoms with Gasteiger partial charge < -0.3 is 14.3 Å². The van der Waals surface area contributed by atoms with E-state index in [0.29, 0.717) is 29.8 Å². The van der Waals surface area contributed by atoms with Crippen LogP contribution < -0.4 is 0 Å². The number of hydrogen-bond acceptors (Lipinski definition) is 5. The predicted molar refractivity (Wildman–Crippen MR) is 110 cm³/mol. The first-order valence-electron chi connectivity index (χ1n) is 10.1. The van der Waals surface area contributed by atoms with Gasteiger partial charge in [0.1, 0.15) is 6.04 Å². The van der Waals surface area contributed by atoms with Gasteiger partial charge in [0.05, 0.1) is 6.54 Å². The molecule has 3 rings (SSSR count). The highest BCUT2D eigenvalue weighted by atomic mass is 35.5. The summed E-state index contributed by atoms with van der Waals surface area (Å²) in [7, 11) is 0. The highest BCUT2D eigenvalue weighted by Gasteiger charge is 2.33. The predicted octanol–water partition coefficient (Wildman–Crippen LogP) is 4.09. The lowest BCUT2D eigenvalue weighted by atomic mass is 10.0. The summed E-state index contributed by atoms with van der Waals surface area (Å²) in [5.41, 5.74) is 0.767. The van der Waals surface area contributed by atoms with Gasteiger partial charge >= 0.3 is 0 Å². The molecule has 2 aromatic rings. The number of piperidine rings is 1. The number of likely N-dealkylation sites (tertiary alicyclic amines) is 1. The topological polar surface area (TPSA) is 79.5 Å². The van der Waals surface area contributed by atoms with Crippen LogP contribution in [0.4, 0.5) is 0 Å². The number of carbonyl (C=O) groups is 2. The van der Waals surface area contributed by atoms with Crippen molar-refractivity contribution in [2.24, 2.45) is 0 Å². The number of benzene rings is 1. The van der Waals surface area contributed by atoms with Gasteiger partial charge in [-0.15, -0.1) is 0 Å². The molecule has 1 unspecified atom stereocenters. The molecular weight excluding hydrogens is 392 g/mol. The lowest BCUT2D eigenvalue weighted by Crippen LogP contribution is -2.45. The fourth-order valence-corrected chi connectivity index (χ4v) is 3.74. The zero-order valence-electron chi connectivity index (χ0n) is 16.9. The molecule has 0 spiro atoms. The van der Waals surface area contributed by atoms with Gasteiger partial charge in [0.2, 0.25) is 23.5 Å². The zero-order chi connectivity index (χ0) is 20.8. The number of halogens is 1. The molecule has 1 atom stereocenters. The Morgan fingerprint density at radius 1 is 1.34 bits per heavy atom. The summed E-state index contributed by atoms with van der Waals surface area (Å²) in [6, 6.07) is 6.99. The Morgan fingerprint density at radius 2 is 2.17 bits per heavy atom. The van der Waals surface area contributed by atoms with Crippen molar-refractivity contribution in [1.82, 2.24) is 19.9 Å². The fourth-order valence-electron chi connectivity index (χ4n) is 3.55. The molecule has 0 aliphatic carbocycles. The van der Waals surface area contributed by atoms with Gasteiger partial charge in [-0.3, -0.25) is 9.59 Å². The van der Waals surface area contributed by atoms with Gasteiger partial charge in [0.25, 0.3) is 0 Å². The number of rotatable bonds is 7. The third-order valence-electron chi connectivity index (χ3n) is 5.19. The second-order valence-corrected chi connectivity index (χ2v) is 7.80. The summed E-state index contributed by atoms with van der Waals surface area (Å²) < 4.78 is 5.52. The lowest BCUT2D eigenvalue weighted by molar-refractivity contribution is -0.142. The van der Waals surface area contributed by atoms with Crippen LogP contribution in [0.3, 0.4) is 0 Å². The first kappa shape index (κ1) is 21.3. The van der Waals surface area contributed by atoms with Gasteiger partial charge in [0, 0.05) is 30.6 Å². The average Bonchev–Trinajstić information content (AvgIpc) is 3.21. The highest BCUT2D eigenvalue weighted by molar-refractivity contribution is 6.30. The van der Waals surface area contributed by atoms with Gasteiger partial charge in [-0.05, 0) is 37.8 Å². The number of nitrogens with zero attached hydrogens (tertiary/aromatic N) is 4. The van der Waals surface area contributed by atoms with E-state index in [2.05, 4.69) is 17.1 Å². The largest absolute Gasteiger partial charge is 0.337 e. The molecule has 156 valence electrons. The Morgan fingerprint density at radius 3 is 2.90 bits per heavy atom. The Bertz CT molecular complexity index is 854. The number of unbranched alkanes of at least 4 members (excludes halogenated alkanes) is 1. The normalized spacial score (nSPS) is 16.7. The third kappa shape index (κ3) is 5.35. The van der Waals surface area contributed by atoms with Crippen molar-refractivity contribution in [2.45, 2.75) is 52.0 Å². The molecule has 1 aliphatic heterocycles. The highest BCUT2D eigenvalue weighted by Crippen LogP contribution is 2.31. The van der Waals surface area contributed by atoms with Crippen LogP contribution in [0, 0.1) is 0 Å². The molecule has 2 heterocycles. The second-order valence-electron chi connectivity index (χ2n) is 7.36. The van der Waals surface area contributed by atoms with E-state index < -0.39 is 0 Å². The molecule has 0 radical (unpaired) electrons. The standard InChI is InChI=1S/C21H27ClN4O3/c1-3-4-11-25(15(2)27)14-19(28)26-12-6-5-10-18(26)21-23-20(24-29-21)16-8-7-9-17(22)13-16/h7-9,13,18H,3-6,10-12,14H2,1-2H3. The molecule has 1 fully saturated rings. The van der Waals surface area contributed by atoms with Crippen LogP contribution in [0.15, 0.2) is 28.8 Å². The summed E-state index contributed by atoms with van der Waals surface area (Å²) in [5.74, 6) is 0.717. The molecule has 1 aromatic heterocycles. The van der Waals surface area contributed by atoms with E-state index in [1.54, 1.807) is 21.9 Å². The summed E-state index contributed by atoms with van der Waals surface area (Å²) in [5, 5.41) is 4.68. The molecule has 2 amide bonds. The fraction of sp³-hybridized carbons (Fsp3) is 0.524. The quantitative estimate of drug-likeness (QED) is 0.676. The van der Waals surface area contributed by atoms with Gasteiger partial charge in [-0.1, -0.05) is 42.2 Å². The Hall–Kier alpha value is -2.41. The average molecular weight is 419 g/mol. The van der Waals surface area contributed by atoms with E-state index in [0.717, 1.165) is 37.7 Å². The van der Waals surface area contributed by atoms with Gasteiger partial charge in [0.15, 0.2) is 0 Å². The van der Waals surface area contributed by atoms with Crippen LogP contribution in [0.1, 0.15) is 57.9 Å². The van der Waals surface area contributed by atoms with Crippen molar-refractivity contribution >= 4 is 23.4 Å². The van der Waals surface area contributed by atoms with E-state index >= 15 is 0 Å². The number of carbonyl (C=O) groups excluding carboxylic acids is 2. The summed E-state index contributed by atoms with van der Waals surface area (Å²) in [6.45, 7) is 4.87. The molecule has 0 N–H and O–H groups in total. The number of aromatic nitrogens is 2. The molecule has 0 bridgehead atoms. The molecule has 29 heavy (non-hydrogen) atoms. The minimum absolute atomic E-state index is 0.0801. The van der Waals surface area contributed by atoms with Crippen molar-refractivity contribution in [3.8, 4) is 11.4 Å². The lowest BCUT2D eigenvalue weighted by Gasteiger charge is -2.35. The van der Waals surface area contributed by atoms with Crippen LogP contribution >= 0.6 is 11.6 Å². The van der Waals surface area contributed by atoms with Crippen molar-refractivity contribution in [3.63, 3.8) is 0 Å². The van der Waals surface area contributed by atoms with Crippen LogP contribution in [0.2, 0.25) is 5.02 Å². The maximum absolute atomic E-state index is 13.0. The maximum atomic E-state index is 13.0.